The van der Waals surface area contributed by atoms with Gasteiger partial charge >= 0.3 is 0 Å². The predicted molar refractivity (Wildman–Crippen MR) is 127 cm³/mol. The minimum Gasteiger partial charge on any atom is -0.484 e. The molecule has 156 valence electrons. The van der Waals surface area contributed by atoms with E-state index >= 15 is 0 Å². The van der Waals surface area contributed by atoms with E-state index in [0.29, 0.717) is 18.3 Å². The number of guanidine groups is 1. The second-order valence-electron chi connectivity index (χ2n) is 6.98. The lowest BCUT2D eigenvalue weighted by Gasteiger charge is -2.18. The van der Waals surface area contributed by atoms with E-state index in [2.05, 4.69) is 40.0 Å². The molecule has 1 amide bonds. The van der Waals surface area contributed by atoms with Crippen LogP contribution in [0.1, 0.15) is 36.9 Å². The molecule has 7 heteroatoms. The van der Waals surface area contributed by atoms with E-state index in [1.807, 2.05) is 42.5 Å². The number of carbonyl (C=O) groups is 1. The molecule has 0 spiro atoms. The van der Waals surface area contributed by atoms with Gasteiger partial charge in [0.05, 0.1) is 6.04 Å². The molecule has 6 nitrogen and oxygen atoms in total. The number of carbonyl (C=O) groups excluding carboxylic acids is 1. The van der Waals surface area contributed by atoms with E-state index in [9.17, 15) is 4.79 Å². The molecule has 1 aliphatic rings. The number of hydrogen-bond acceptors (Lipinski definition) is 3. The van der Waals surface area contributed by atoms with Crippen LogP contribution in [0.4, 0.5) is 0 Å². The molecule has 1 saturated carbocycles. The maximum atomic E-state index is 11.8. The Labute approximate surface area is 189 Å². The van der Waals surface area contributed by atoms with Gasteiger partial charge in [-0.05, 0) is 43.0 Å². The van der Waals surface area contributed by atoms with Crippen molar-refractivity contribution in [1.29, 1.82) is 0 Å². The zero-order valence-electron chi connectivity index (χ0n) is 16.9. The summed E-state index contributed by atoms with van der Waals surface area (Å²) in [5.41, 5.74) is 2.25. The quantitative estimate of drug-likeness (QED) is 0.291. The molecular formula is C22H29IN4O2. The molecule has 1 atom stereocenters. The number of hydrogen-bond donors (Lipinski definition) is 3. The Bertz CT molecular complexity index is 809. The van der Waals surface area contributed by atoms with Crippen molar-refractivity contribution in [3.63, 3.8) is 0 Å². The summed E-state index contributed by atoms with van der Waals surface area (Å²) in [4.78, 5) is 16.0. The van der Waals surface area contributed by atoms with E-state index in [0.717, 1.165) is 24.4 Å². The normalized spacial score (nSPS) is 14.3. The first-order chi connectivity index (χ1) is 13.6. The number of nitrogens with one attached hydrogen (secondary N) is 3. The Kier molecular flexibility index (Phi) is 9.24. The lowest BCUT2D eigenvalue weighted by molar-refractivity contribution is -0.123. The second-order valence-corrected chi connectivity index (χ2v) is 6.98. The van der Waals surface area contributed by atoms with Crippen molar-refractivity contribution in [2.75, 3.05) is 13.7 Å². The van der Waals surface area contributed by atoms with Crippen LogP contribution in [0.3, 0.4) is 0 Å². The summed E-state index contributed by atoms with van der Waals surface area (Å²) in [6, 6.07) is 18.5. The Hall–Kier alpha value is -2.29. The number of ether oxygens (including phenoxy) is 1. The highest BCUT2D eigenvalue weighted by atomic mass is 127. The Morgan fingerprint density at radius 3 is 2.62 bits per heavy atom. The van der Waals surface area contributed by atoms with Crippen molar-refractivity contribution >= 4 is 35.8 Å². The van der Waals surface area contributed by atoms with E-state index in [1.165, 1.54) is 5.56 Å². The number of halogens is 1. The van der Waals surface area contributed by atoms with Crippen molar-refractivity contribution < 1.29 is 9.53 Å². The van der Waals surface area contributed by atoms with Crippen molar-refractivity contribution in [2.45, 2.75) is 38.4 Å². The van der Waals surface area contributed by atoms with Crippen molar-refractivity contribution in [1.82, 2.24) is 16.0 Å². The van der Waals surface area contributed by atoms with Crippen LogP contribution < -0.4 is 20.7 Å². The molecular weight excluding hydrogens is 479 g/mol. The molecule has 2 aromatic carbocycles. The number of benzene rings is 2. The molecule has 1 fully saturated rings. The van der Waals surface area contributed by atoms with Crippen LogP contribution in [0.5, 0.6) is 5.75 Å². The van der Waals surface area contributed by atoms with E-state index in [1.54, 1.807) is 7.05 Å². The highest BCUT2D eigenvalue weighted by Crippen LogP contribution is 2.18. The monoisotopic (exact) mass is 508 g/mol. The minimum absolute atomic E-state index is 0. The molecule has 0 aliphatic heterocycles. The SMILES string of the molecule is CN=C(NCc1cccc(OCC(=O)NC2CC2)c1)NC(C)c1ccccc1.I. The summed E-state index contributed by atoms with van der Waals surface area (Å²) < 4.78 is 5.61. The lowest BCUT2D eigenvalue weighted by Crippen LogP contribution is -2.38. The van der Waals surface area contributed by atoms with Gasteiger partial charge in [-0.25, -0.2) is 0 Å². The summed E-state index contributed by atoms with van der Waals surface area (Å²) in [6.07, 6.45) is 2.15. The first-order valence-corrected chi connectivity index (χ1v) is 9.67. The van der Waals surface area contributed by atoms with Crippen LogP contribution in [0.2, 0.25) is 0 Å². The molecule has 0 aromatic heterocycles. The van der Waals surface area contributed by atoms with Gasteiger partial charge in [-0.1, -0.05) is 42.5 Å². The largest absolute Gasteiger partial charge is 0.484 e. The van der Waals surface area contributed by atoms with Crippen LogP contribution in [0, 0.1) is 0 Å². The maximum Gasteiger partial charge on any atom is 0.258 e. The molecule has 3 rings (SSSR count). The average molecular weight is 508 g/mol. The van der Waals surface area contributed by atoms with Crippen LogP contribution >= 0.6 is 24.0 Å². The fourth-order valence-electron chi connectivity index (χ4n) is 2.80. The molecule has 2 aromatic rings. The lowest BCUT2D eigenvalue weighted by atomic mass is 10.1. The van der Waals surface area contributed by atoms with Crippen LogP contribution in [0.25, 0.3) is 0 Å². The molecule has 0 bridgehead atoms. The fourth-order valence-corrected chi connectivity index (χ4v) is 2.80. The summed E-state index contributed by atoms with van der Waals surface area (Å²) in [6.45, 7) is 2.75. The van der Waals surface area contributed by atoms with Crippen LogP contribution in [-0.4, -0.2) is 31.6 Å². The van der Waals surface area contributed by atoms with Gasteiger partial charge in [-0.2, -0.15) is 0 Å². The number of nitrogens with zero attached hydrogens (tertiary/aromatic N) is 1. The van der Waals surface area contributed by atoms with Gasteiger partial charge in [0.25, 0.3) is 5.91 Å². The van der Waals surface area contributed by atoms with Crippen LogP contribution in [-0.2, 0) is 11.3 Å². The Morgan fingerprint density at radius 2 is 1.93 bits per heavy atom. The molecule has 0 heterocycles. The van der Waals surface area contributed by atoms with Gasteiger partial charge in [0.2, 0.25) is 0 Å². The summed E-state index contributed by atoms with van der Waals surface area (Å²) in [5, 5.41) is 9.62. The van der Waals surface area contributed by atoms with Gasteiger partial charge in [-0.15, -0.1) is 24.0 Å². The van der Waals surface area contributed by atoms with E-state index in [4.69, 9.17) is 4.74 Å². The van der Waals surface area contributed by atoms with E-state index < -0.39 is 0 Å². The molecule has 0 saturated heterocycles. The predicted octanol–water partition coefficient (Wildman–Crippen LogP) is 3.39. The smallest absolute Gasteiger partial charge is 0.258 e. The molecule has 3 N–H and O–H groups in total. The zero-order valence-corrected chi connectivity index (χ0v) is 19.2. The topological polar surface area (TPSA) is 74.8 Å². The molecule has 1 unspecified atom stereocenters. The molecule has 1 aliphatic carbocycles. The summed E-state index contributed by atoms with van der Waals surface area (Å²) in [7, 11) is 1.76. The van der Waals surface area contributed by atoms with E-state index in [-0.39, 0.29) is 42.5 Å². The minimum atomic E-state index is -0.0643. The van der Waals surface area contributed by atoms with Gasteiger partial charge in [0.1, 0.15) is 5.75 Å². The standard InChI is InChI=1S/C22H28N4O2.HI/c1-16(18-8-4-3-5-9-18)25-22(23-2)24-14-17-7-6-10-20(13-17)28-15-21(27)26-19-11-12-19;/h3-10,13,16,19H,11-12,14-15H2,1-2H3,(H,26,27)(H2,23,24,25);1H. The van der Waals surface area contributed by atoms with Gasteiger partial charge in [0, 0.05) is 19.6 Å². The number of aliphatic imine (C=N–C) groups is 1. The Morgan fingerprint density at radius 1 is 1.17 bits per heavy atom. The fraction of sp³-hybridized carbons (Fsp3) is 0.364. The zero-order chi connectivity index (χ0) is 19.8. The first kappa shape index (κ1) is 23.0. The number of amides is 1. The Balaban J connectivity index is 0.00000300. The summed E-state index contributed by atoms with van der Waals surface area (Å²) in [5.74, 6) is 1.35. The second kappa shape index (κ2) is 11.6. The van der Waals surface area contributed by atoms with Crippen molar-refractivity contribution in [3.05, 3.63) is 65.7 Å². The van der Waals surface area contributed by atoms with Crippen LogP contribution in [0.15, 0.2) is 59.6 Å². The highest BCUT2D eigenvalue weighted by Gasteiger charge is 2.23. The van der Waals surface area contributed by atoms with Gasteiger partial charge in [-0.3, -0.25) is 9.79 Å². The summed E-state index contributed by atoms with van der Waals surface area (Å²) >= 11 is 0. The maximum absolute atomic E-state index is 11.8. The van der Waals surface area contributed by atoms with Crippen molar-refractivity contribution in [2.24, 2.45) is 4.99 Å². The first-order valence-electron chi connectivity index (χ1n) is 9.67. The molecule has 29 heavy (non-hydrogen) atoms. The third-order valence-electron chi connectivity index (χ3n) is 4.55. The van der Waals surface area contributed by atoms with Gasteiger partial charge in [0.15, 0.2) is 12.6 Å². The third kappa shape index (κ3) is 7.92. The number of rotatable bonds is 8. The molecule has 0 radical (unpaired) electrons. The van der Waals surface area contributed by atoms with Gasteiger partial charge < -0.3 is 20.7 Å². The van der Waals surface area contributed by atoms with Crippen molar-refractivity contribution in [3.8, 4) is 5.75 Å². The highest BCUT2D eigenvalue weighted by molar-refractivity contribution is 14.0. The third-order valence-corrected chi connectivity index (χ3v) is 4.55. The average Bonchev–Trinajstić information content (AvgIpc) is 3.54.